The van der Waals surface area contributed by atoms with Crippen LogP contribution in [-0.2, 0) is 6.54 Å². The minimum Gasteiger partial charge on any atom is -0.395 e. The zero-order chi connectivity index (χ0) is 12.4. The number of nitrogen functional groups attached to an aromatic ring is 1. The third-order valence-corrected chi connectivity index (χ3v) is 2.32. The van der Waals surface area contributed by atoms with Crippen molar-refractivity contribution in [2.45, 2.75) is 13.5 Å². The van der Waals surface area contributed by atoms with Crippen LogP contribution in [0, 0.1) is 11.6 Å². The molecule has 0 bridgehead atoms. The molecule has 17 heavy (non-hydrogen) atoms. The minimum absolute atomic E-state index is 0.127. The summed E-state index contributed by atoms with van der Waals surface area (Å²) in [6.07, 6.45) is 1.76. The zero-order valence-corrected chi connectivity index (χ0v) is 9.24. The Labute approximate surface area is 97.0 Å². The average molecular weight is 238 g/mol. The molecule has 1 heterocycles. The van der Waals surface area contributed by atoms with Gasteiger partial charge in [0.05, 0.1) is 11.4 Å². The van der Waals surface area contributed by atoms with Crippen LogP contribution < -0.4 is 11.1 Å². The summed E-state index contributed by atoms with van der Waals surface area (Å²) in [5.41, 5.74) is 5.54. The van der Waals surface area contributed by atoms with E-state index >= 15 is 0 Å². The monoisotopic (exact) mass is 238 g/mol. The van der Waals surface area contributed by atoms with E-state index in [4.69, 9.17) is 5.73 Å². The summed E-state index contributed by atoms with van der Waals surface area (Å²) in [4.78, 5) is 0. The van der Waals surface area contributed by atoms with Crippen molar-refractivity contribution in [3.05, 3.63) is 36.0 Å². The molecule has 0 radical (unpaired) electrons. The first kappa shape index (κ1) is 11.4. The maximum atomic E-state index is 13.2. The van der Waals surface area contributed by atoms with Gasteiger partial charge in [0.2, 0.25) is 0 Å². The fourth-order valence-corrected chi connectivity index (χ4v) is 1.43. The van der Waals surface area contributed by atoms with Crippen molar-refractivity contribution in [3.63, 3.8) is 0 Å². The van der Waals surface area contributed by atoms with Gasteiger partial charge in [0.25, 0.3) is 0 Å². The van der Waals surface area contributed by atoms with Crippen molar-refractivity contribution in [1.29, 1.82) is 0 Å². The molecule has 0 saturated carbocycles. The number of rotatable bonds is 3. The molecule has 0 aliphatic heterocycles. The van der Waals surface area contributed by atoms with E-state index in [9.17, 15) is 8.78 Å². The summed E-state index contributed by atoms with van der Waals surface area (Å²) in [7, 11) is 0. The van der Waals surface area contributed by atoms with Crippen molar-refractivity contribution in [1.82, 2.24) is 9.78 Å². The smallest absolute Gasteiger partial charge is 0.152 e. The van der Waals surface area contributed by atoms with Crippen molar-refractivity contribution >= 4 is 17.2 Å². The highest BCUT2D eigenvalue weighted by Gasteiger charge is 2.09. The zero-order valence-electron chi connectivity index (χ0n) is 9.24. The molecular weight excluding hydrogens is 226 g/mol. The molecular formula is C11H12F2N4. The van der Waals surface area contributed by atoms with Crippen LogP contribution >= 0.6 is 0 Å². The Morgan fingerprint density at radius 2 is 2.18 bits per heavy atom. The SMILES string of the molecule is CCn1ccc(Nc2cc(F)cc(F)c2N)n1. The van der Waals surface area contributed by atoms with Gasteiger partial charge in [-0.1, -0.05) is 0 Å². The van der Waals surface area contributed by atoms with Crippen molar-refractivity contribution < 1.29 is 8.78 Å². The van der Waals surface area contributed by atoms with Crippen LogP contribution in [0.15, 0.2) is 24.4 Å². The predicted molar refractivity (Wildman–Crippen MR) is 62.0 cm³/mol. The second-order valence-corrected chi connectivity index (χ2v) is 3.53. The quantitative estimate of drug-likeness (QED) is 0.808. The lowest BCUT2D eigenvalue weighted by Gasteiger charge is -2.07. The Hall–Kier alpha value is -2.11. The Kier molecular flexibility index (Phi) is 2.95. The number of aryl methyl sites for hydroxylation is 1. The Balaban J connectivity index is 2.29. The third kappa shape index (κ3) is 2.35. The number of nitrogens with one attached hydrogen (secondary N) is 1. The van der Waals surface area contributed by atoms with Gasteiger partial charge in [0.15, 0.2) is 11.6 Å². The van der Waals surface area contributed by atoms with Crippen LogP contribution in [0.25, 0.3) is 0 Å². The van der Waals surface area contributed by atoms with Crippen LogP contribution in [0.5, 0.6) is 0 Å². The van der Waals surface area contributed by atoms with Gasteiger partial charge >= 0.3 is 0 Å². The Morgan fingerprint density at radius 3 is 2.82 bits per heavy atom. The number of hydrogen-bond acceptors (Lipinski definition) is 3. The largest absolute Gasteiger partial charge is 0.395 e. The number of aromatic nitrogens is 2. The molecule has 90 valence electrons. The number of nitrogens with two attached hydrogens (primary N) is 1. The lowest BCUT2D eigenvalue weighted by atomic mass is 10.2. The summed E-state index contributed by atoms with van der Waals surface area (Å²) in [6.45, 7) is 2.65. The lowest BCUT2D eigenvalue weighted by Crippen LogP contribution is -2.01. The van der Waals surface area contributed by atoms with Gasteiger partial charge in [-0.3, -0.25) is 4.68 Å². The summed E-state index contributed by atoms with van der Waals surface area (Å²) in [5.74, 6) is -0.986. The molecule has 0 unspecified atom stereocenters. The van der Waals surface area contributed by atoms with Gasteiger partial charge in [-0.2, -0.15) is 5.10 Å². The van der Waals surface area contributed by atoms with E-state index in [1.807, 2.05) is 6.92 Å². The summed E-state index contributed by atoms with van der Waals surface area (Å²) in [6, 6.07) is 3.57. The maximum Gasteiger partial charge on any atom is 0.152 e. The number of benzene rings is 1. The maximum absolute atomic E-state index is 13.2. The average Bonchev–Trinajstić information content (AvgIpc) is 2.73. The molecule has 0 aliphatic carbocycles. The third-order valence-electron chi connectivity index (χ3n) is 2.32. The number of hydrogen-bond donors (Lipinski definition) is 2. The molecule has 4 nitrogen and oxygen atoms in total. The molecule has 3 N–H and O–H groups in total. The molecule has 0 atom stereocenters. The fourth-order valence-electron chi connectivity index (χ4n) is 1.43. The highest BCUT2D eigenvalue weighted by Crippen LogP contribution is 2.25. The van der Waals surface area contributed by atoms with Crippen LogP contribution in [0.4, 0.5) is 26.0 Å². The number of anilines is 3. The lowest BCUT2D eigenvalue weighted by molar-refractivity contribution is 0.587. The number of nitrogens with zero attached hydrogens (tertiary/aromatic N) is 2. The van der Waals surface area contributed by atoms with E-state index in [-0.39, 0.29) is 11.4 Å². The normalized spacial score (nSPS) is 10.5. The molecule has 1 aromatic carbocycles. The van der Waals surface area contributed by atoms with E-state index in [1.54, 1.807) is 16.9 Å². The minimum atomic E-state index is -0.789. The molecule has 2 rings (SSSR count). The van der Waals surface area contributed by atoms with Gasteiger partial charge in [-0.05, 0) is 13.0 Å². The molecule has 0 saturated heterocycles. The molecule has 0 fully saturated rings. The van der Waals surface area contributed by atoms with Crippen molar-refractivity contribution in [2.24, 2.45) is 0 Å². The van der Waals surface area contributed by atoms with Crippen LogP contribution in [0.3, 0.4) is 0 Å². The Morgan fingerprint density at radius 1 is 1.41 bits per heavy atom. The fraction of sp³-hybridized carbons (Fsp3) is 0.182. The van der Waals surface area contributed by atoms with Gasteiger partial charge < -0.3 is 11.1 Å². The first-order chi connectivity index (χ1) is 8.10. The second kappa shape index (κ2) is 4.40. The standard InChI is InChI=1S/C11H12F2N4/c1-2-17-4-3-10(16-17)15-9-6-7(12)5-8(13)11(9)14/h3-6H,2,14H2,1H3,(H,15,16). The molecule has 1 aromatic heterocycles. The summed E-state index contributed by atoms with van der Waals surface area (Å²) in [5, 5.41) is 6.90. The van der Waals surface area contributed by atoms with Crippen molar-refractivity contribution in [3.8, 4) is 0 Å². The van der Waals surface area contributed by atoms with Crippen molar-refractivity contribution in [2.75, 3.05) is 11.1 Å². The van der Waals surface area contributed by atoms with E-state index < -0.39 is 11.6 Å². The first-order valence-corrected chi connectivity index (χ1v) is 5.15. The van der Waals surface area contributed by atoms with Gasteiger partial charge in [-0.25, -0.2) is 8.78 Å². The molecule has 0 aliphatic rings. The van der Waals surface area contributed by atoms with Crippen LogP contribution in [-0.4, -0.2) is 9.78 Å². The molecule has 0 spiro atoms. The van der Waals surface area contributed by atoms with Gasteiger partial charge in [0.1, 0.15) is 5.82 Å². The topological polar surface area (TPSA) is 55.9 Å². The highest BCUT2D eigenvalue weighted by atomic mass is 19.1. The van der Waals surface area contributed by atoms with E-state index in [0.29, 0.717) is 12.4 Å². The van der Waals surface area contributed by atoms with Gasteiger partial charge in [0, 0.05) is 24.9 Å². The summed E-state index contributed by atoms with van der Waals surface area (Å²) >= 11 is 0. The molecule has 0 amide bonds. The first-order valence-electron chi connectivity index (χ1n) is 5.15. The summed E-state index contributed by atoms with van der Waals surface area (Å²) < 4.78 is 27.9. The molecule has 6 heteroatoms. The van der Waals surface area contributed by atoms with Crippen LogP contribution in [0.2, 0.25) is 0 Å². The highest BCUT2D eigenvalue weighted by molar-refractivity contribution is 5.71. The Bertz CT molecular complexity index is 536. The van der Waals surface area contributed by atoms with E-state index in [0.717, 1.165) is 12.1 Å². The van der Waals surface area contributed by atoms with Crippen LogP contribution in [0.1, 0.15) is 6.92 Å². The number of halogens is 2. The molecule has 2 aromatic rings. The predicted octanol–water partition coefficient (Wildman–Crippen LogP) is 2.51. The van der Waals surface area contributed by atoms with Gasteiger partial charge in [-0.15, -0.1) is 0 Å². The van der Waals surface area contributed by atoms with E-state index in [1.165, 1.54) is 0 Å². The second-order valence-electron chi connectivity index (χ2n) is 3.53. The van der Waals surface area contributed by atoms with E-state index in [2.05, 4.69) is 10.4 Å².